The zero-order valence-electron chi connectivity index (χ0n) is 11.4. The van der Waals surface area contributed by atoms with Crippen molar-refractivity contribution in [1.29, 1.82) is 0 Å². The number of hydrogen-bond acceptors (Lipinski definition) is 3. The number of carbonyl (C=O) groups excluding carboxylic acids is 1. The predicted molar refractivity (Wildman–Crippen MR) is 75.0 cm³/mol. The Morgan fingerprint density at radius 1 is 1.22 bits per heavy atom. The molecular weight excluding hydrogens is 252 g/mol. The van der Waals surface area contributed by atoms with Gasteiger partial charge >= 0.3 is 12.0 Å². The van der Waals surface area contributed by atoms with E-state index in [4.69, 9.17) is 5.11 Å². The topological polar surface area (TPSA) is 78.4 Å². The molecule has 3 N–H and O–H groups in total. The SMILES string of the molecule is CSC(C)CCNC(=O)NCC(C)CCC(=O)O. The number of thioether (sulfide) groups is 1. The fraction of sp³-hybridized carbons (Fsp3) is 0.833. The second-order valence-electron chi connectivity index (χ2n) is 4.51. The van der Waals surface area contributed by atoms with Crippen molar-refractivity contribution in [2.24, 2.45) is 5.92 Å². The van der Waals surface area contributed by atoms with Gasteiger partial charge in [-0.25, -0.2) is 4.79 Å². The van der Waals surface area contributed by atoms with Gasteiger partial charge in [-0.15, -0.1) is 0 Å². The predicted octanol–water partition coefficient (Wildman–Crippen LogP) is 1.93. The molecule has 18 heavy (non-hydrogen) atoms. The van der Waals surface area contributed by atoms with Gasteiger partial charge in [0.2, 0.25) is 0 Å². The van der Waals surface area contributed by atoms with Crippen LogP contribution in [0.15, 0.2) is 0 Å². The Hall–Kier alpha value is -0.910. The lowest BCUT2D eigenvalue weighted by atomic mass is 10.1. The highest BCUT2D eigenvalue weighted by molar-refractivity contribution is 7.99. The van der Waals surface area contributed by atoms with Crippen molar-refractivity contribution in [3.63, 3.8) is 0 Å². The number of carboxylic acids is 1. The minimum Gasteiger partial charge on any atom is -0.481 e. The Labute approximate surface area is 113 Å². The van der Waals surface area contributed by atoms with Crippen LogP contribution in [-0.2, 0) is 4.79 Å². The maximum atomic E-state index is 11.4. The first kappa shape index (κ1) is 17.1. The first-order chi connectivity index (χ1) is 8.45. The summed E-state index contributed by atoms with van der Waals surface area (Å²) in [5, 5.41) is 14.6. The highest BCUT2D eigenvalue weighted by Crippen LogP contribution is 2.07. The third-order valence-corrected chi connectivity index (χ3v) is 3.74. The number of amides is 2. The maximum Gasteiger partial charge on any atom is 0.314 e. The Morgan fingerprint density at radius 3 is 2.44 bits per heavy atom. The maximum absolute atomic E-state index is 11.4. The van der Waals surface area contributed by atoms with Crippen LogP contribution in [0.1, 0.15) is 33.1 Å². The molecule has 0 heterocycles. The van der Waals surface area contributed by atoms with E-state index < -0.39 is 5.97 Å². The highest BCUT2D eigenvalue weighted by atomic mass is 32.2. The minimum absolute atomic E-state index is 0.149. The molecule has 0 bridgehead atoms. The molecule has 5 nitrogen and oxygen atoms in total. The van der Waals surface area contributed by atoms with Crippen LogP contribution in [0.2, 0.25) is 0 Å². The molecule has 0 aliphatic heterocycles. The van der Waals surface area contributed by atoms with E-state index >= 15 is 0 Å². The van der Waals surface area contributed by atoms with E-state index in [0.717, 1.165) is 6.42 Å². The van der Waals surface area contributed by atoms with E-state index in [9.17, 15) is 9.59 Å². The molecule has 0 saturated carbocycles. The number of carbonyl (C=O) groups is 2. The molecule has 0 aromatic rings. The molecular formula is C12H24N2O3S. The van der Waals surface area contributed by atoms with Crippen LogP contribution in [0.3, 0.4) is 0 Å². The standard InChI is InChI=1S/C12H24N2O3S/c1-9(4-5-11(15)16)8-14-12(17)13-7-6-10(2)18-3/h9-10H,4-8H2,1-3H3,(H,15,16)(H2,13,14,17). The second kappa shape index (κ2) is 10.1. The summed E-state index contributed by atoms with van der Waals surface area (Å²) in [6.45, 7) is 5.23. The van der Waals surface area contributed by atoms with Gasteiger partial charge in [0, 0.05) is 24.8 Å². The molecule has 6 heteroatoms. The quantitative estimate of drug-likeness (QED) is 0.601. The van der Waals surface area contributed by atoms with E-state index in [-0.39, 0.29) is 18.4 Å². The van der Waals surface area contributed by atoms with Gasteiger partial charge in [-0.1, -0.05) is 13.8 Å². The number of urea groups is 1. The van der Waals surface area contributed by atoms with Crippen LogP contribution in [0.25, 0.3) is 0 Å². The number of carboxylic acid groups (broad SMARTS) is 1. The molecule has 0 radical (unpaired) electrons. The molecule has 0 aromatic carbocycles. The van der Waals surface area contributed by atoms with Crippen molar-refractivity contribution in [3.8, 4) is 0 Å². The summed E-state index contributed by atoms with van der Waals surface area (Å²) in [5.74, 6) is -0.616. The molecule has 0 fully saturated rings. The largest absolute Gasteiger partial charge is 0.481 e. The summed E-state index contributed by atoms with van der Waals surface area (Å²) in [6.07, 6.45) is 3.73. The van der Waals surface area contributed by atoms with Gasteiger partial charge in [0.25, 0.3) is 0 Å². The van der Waals surface area contributed by atoms with Gasteiger partial charge in [-0.2, -0.15) is 11.8 Å². The van der Waals surface area contributed by atoms with Gasteiger partial charge in [0.05, 0.1) is 0 Å². The number of aliphatic carboxylic acids is 1. The molecule has 0 spiro atoms. The van der Waals surface area contributed by atoms with E-state index in [1.54, 1.807) is 11.8 Å². The van der Waals surface area contributed by atoms with E-state index in [1.165, 1.54) is 0 Å². The first-order valence-electron chi connectivity index (χ1n) is 6.22. The fourth-order valence-electron chi connectivity index (χ4n) is 1.31. The summed E-state index contributed by atoms with van der Waals surface area (Å²) >= 11 is 1.78. The van der Waals surface area contributed by atoms with Crippen LogP contribution in [0, 0.1) is 5.92 Å². The fourth-order valence-corrected chi connectivity index (χ4v) is 1.66. The molecule has 0 aliphatic rings. The van der Waals surface area contributed by atoms with Crippen LogP contribution in [-0.4, -0.2) is 41.7 Å². The molecule has 2 amide bonds. The van der Waals surface area contributed by atoms with Crippen molar-refractivity contribution in [1.82, 2.24) is 10.6 Å². The normalized spacial score (nSPS) is 13.7. The van der Waals surface area contributed by atoms with Crippen LogP contribution < -0.4 is 10.6 Å². The van der Waals surface area contributed by atoms with Crippen LogP contribution in [0.4, 0.5) is 4.79 Å². The molecule has 0 saturated heterocycles. The van der Waals surface area contributed by atoms with Gasteiger partial charge in [0.1, 0.15) is 0 Å². The molecule has 0 aromatic heterocycles. The van der Waals surface area contributed by atoms with Crippen LogP contribution >= 0.6 is 11.8 Å². The van der Waals surface area contributed by atoms with Gasteiger partial charge in [0.15, 0.2) is 0 Å². The molecule has 0 rings (SSSR count). The Balaban J connectivity index is 3.54. The lowest BCUT2D eigenvalue weighted by Crippen LogP contribution is -2.38. The van der Waals surface area contributed by atoms with Crippen LogP contribution in [0.5, 0.6) is 0 Å². The Morgan fingerprint density at radius 2 is 1.89 bits per heavy atom. The molecule has 0 aliphatic carbocycles. The zero-order valence-corrected chi connectivity index (χ0v) is 12.2. The van der Waals surface area contributed by atoms with Crippen molar-refractivity contribution in [2.45, 2.75) is 38.4 Å². The number of hydrogen-bond donors (Lipinski definition) is 3. The summed E-state index contributed by atoms with van der Waals surface area (Å²) < 4.78 is 0. The van der Waals surface area contributed by atoms with E-state index in [2.05, 4.69) is 23.8 Å². The monoisotopic (exact) mass is 276 g/mol. The van der Waals surface area contributed by atoms with Crippen molar-refractivity contribution < 1.29 is 14.7 Å². The average molecular weight is 276 g/mol. The smallest absolute Gasteiger partial charge is 0.314 e. The highest BCUT2D eigenvalue weighted by Gasteiger charge is 2.07. The van der Waals surface area contributed by atoms with Gasteiger partial charge < -0.3 is 15.7 Å². The van der Waals surface area contributed by atoms with Gasteiger partial charge in [-0.3, -0.25) is 4.79 Å². The third-order valence-electron chi connectivity index (χ3n) is 2.70. The third kappa shape index (κ3) is 10.3. The second-order valence-corrected chi connectivity index (χ2v) is 5.79. The van der Waals surface area contributed by atoms with Crippen molar-refractivity contribution >= 4 is 23.8 Å². The minimum atomic E-state index is -0.794. The Kier molecular flexibility index (Phi) is 9.55. The summed E-state index contributed by atoms with van der Waals surface area (Å²) in [5.41, 5.74) is 0. The van der Waals surface area contributed by atoms with E-state index in [1.807, 2.05) is 6.92 Å². The molecule has 2 unspecified atom stereocenters. The zero-order chi connectivity index (χ0) is 14.0. The molecule has 2 atom stereocenters. The summed E-state index contributed by atoms with van der Waals surface area (Å²) in [4.78, 5) is 21.8. The first-order valence-corrected chi connectivity index (χ1v) is 7.50. The van der Waals surface area contributed by atoms with Crippen molar-refractivity contribution in [3.05, 3.63) is 0 Å². The number of nitrogens with one attached hydrogen (secondary N) is 2. The summed E-state index contributed by atoms with van der Waals surface area (Å²) in [6, 6.07) is -0.175. The number of rotatable bonds is 9. The lowest BCUT2D eigenvalue weighted by molar-refractivity contribution is -0.137. The van der Waals surface area contributed by atoms with Crippen molar-refractivity contribution in [2.75, 3.05) is 19.3 Å². The average Bonchev–Trinajstić information content (AvgIpc) is 2.33. The van der Waals surface area contributed by atoms with Gasteiger partial charge in [-0.05, 0) is 25.0 Å². The lowest BCUT2D eigenvalue weighted by Gasteiger charge is -2.13. The Bertz CT molecular complexity index is 262. The molecule has 106 valence electrons. The van der Waals surface area contributed by atoms with E-state index in [0.29, 0.717) is 24.8 Å². The summed E-state index contributed by atoms with van der Waals surface area (Å²) in [7, 11) is 0.